The lowest BCUT2D eigenvalue weighted by Gasteiger charge is -2.14. The third-order valence-corrected chi connectivity index (χ3v) is 6.52. The van der Waals surface area contributed by atoms with Gasteiger partial charge in [-0.3, -0.25) is 5.10 Å². The van der Waals surface area contributed by atoms with Gasteiger partial charge in [-0.15, -0.1) is 0 Å². The molecule has 0 amide bonds. The monoisotopic (exact) mass is 341 g/mol. The molecule has 6 heteroatoms. The van der Waals surface area contributed by atoms with Crippen molar-refractivity contribution in [2.45, 2.75) is 29.1 Å². The number of nitrogens with zero attached hydrogens (tertiary/aromatic N) is 1. The van der Waals surface area contributed by atoms with Crippen LogP contribution in [0.5, 0.6) is 0 Å². The van der Waals surface area contributed by atoms with E-state index in [0.717, 1.165) is 36.0 Å². The third kappa shape index (κ3) is 2.52. The first-order valence-electron chi connectivity index (χ1n) is 8.05. The molecule has 3 aromatic rings. The molecule has 5 nitrogen and oxygen atoms in total. The van der Waals surface area contributed by atoms with Gasteiger partial charge in [0.2, 0.25) is 9.84 Å². The normalized spacial score (nSPS) is 18.3. The molecule has 1 aliphatic heterocycles. The van der Waals surface area contributed by atoms with Crippen LogP contribution >= 0.6 is 0 Å². The molecule has 1 unspecified atom stereocenters. The van der Waals surface area contributed by atoms with Crippen molar-refractivity contribution in [2.75, 3.05) is 13.1 Å². The fourth-order valence-corrected chi connectivity index (χ4v) is 4.80. The highest BCUT2D eigenvalue weighted by Gasteiger charge is 2.22. The number of aromatic nitrogens is 2. The maximum absolute atomic E-state index is 12.9. The summed E-state index contributed by atoms with van der Waals surface area (Å²) >= 11 is 0. The van der Waals surface area contributed by atoms with E-state index in [1.807, 2.05) is 13.0 Å². The maximum Gasteiger partial charge on any atom is 0.206 e. The van der Waals surface area contributed by atoms with Crippen molar-refractivity contribution >= 4 is 20.7 Å². The molecule has 0 radical (unpaired) electrons. The largest absolute Gasteiger partial charge is 0.316 e. The Labute approximate surface area is 141 Å². The first-order valence-corrected chi connectivity index (χ1v) is 9.53. The SMILES string of the molecule is Cc1cc(S(=O)(=O)c2ccc3[nH]ncc3c2)ccc1C1CCNC1. The van der Waals surface area contributed by atoms with E-state index in [0.29, 0.717) is 15.7 Å². The van der Waals surface area contributed by atoms with E-state index in [9.17, 15) is 8.42 Å². The van der Waals surface area contributed by atoms with Gasteiger partial charge in [-0.2, -0.15) is 5.10 Å². The lowest BCUT2D eigenvalue weighted by atomic mass is 9.94. The molecule has 0 spiro atoms. The van der Waals surface area contributed by atoms with E-state index in [1.54, 1.807) is 36.5 Å². The van der Waals surface area contributed by atoms with Crippen LogP contribution < -0.4 is 5.32 Å². The topological polar surface area (TPSA) is 74.8 Å². The first-order chi connectivity index (χ1) is 11.6. The summed E-state index contributed by atoms with van der Waals surface area (Å²) in [5.74, 6) is 0.476. The van der Waals surface area contributed by atoms with Crippen molar-refractivity contribution in [3.8, 4) is 0 Å². The van der Waals surface area contributed by atoms with Gasteiger partial charge >= 0.3 is 0 Å². The van der Waals surface area contributed by atoms with Crippen LogP contribution in [0.1, 0.15) is 23.5 Å². The van der Waals surface area contributed by atoms with Crippen molar-refractivity contribution in [3.05, 3.63) is 53.7 Å². The minimum Gasteiger partial charge on any atom is -0.316 e. The summed E-state index contributed by atoms with van der Waals surface area (Å²) in [6, 6.07) is 10.5. The zero-order chi connectivity index (χ0) is 16.7. The summed E-state index contributed by atoms with van der Waals surface area (Å²) in [4.78, 5) is 0.642. The minimum absolute atomic E-state index is 0.297. The van der Waals surface area contributed by atoms with Gasteiger partial charge in [-0.1, -0.05) is 6.07 Å². The van der Waals surface area contributed by atoms with Crippen molar-refractivity contribution < 1.29 is 8.42 Å². The fraction of sp³-hybridized carbons (Fsp3) is 0.278. The number of sulfone groups is 1. The smallest absolute Gasteiger partial charge is 0.206 e. The molecule has 1 saturated heterocycles. The number of nitrogens with one attached hydrogen (secondary N) is 2. The Morgan fingerprint density at radius 2 is 1.92 bits per heavy atom. The molecular formula is C18H19N3O2S. The van der Waals surface area contributed by atoms with Crippen molar-refractivity contribution in [2.24, 2.45) is 0 Å². The molecule has 1 aliphatic rings. The van der Waals surface area contributed by atoms with Gasteiger partial charge in [0.15, 0.2) is 0 Å². The number of aryl methyl sites for hydroxylation is 1. The van der Waals surface area contributed by atoms with Gasteiger partial charge in [0, 0.05) is 11.9 Å². The Morgan fingerprint density at radius 1 is 1.12 bits per heavy atom. The second-order valence-corrected chi connectivity index (χ2v) is 8.28. The number of H-pyrrole nitrogens is 1. The molecule has 0 bridgehead atoms. The Bertz CT molecular complexity index is 1000. The van der Waals surface area contributed by atoms with Gasteiger partial charge in [0.1, 0.15) is 0 Å². The fourth-order valence-electron chi connectivity index (χ4n) is 3.42. The van der Waals surface area contributed by atoms with Crippen LogP contribution in [0.2, 0.25) is 0 Å². The molecule has 1 fully saturated rings. The quantitative estimate of drug-likeness (QED) is 0.768. The van der Waals surface area contributed by atoms with Crippen molar-refractivity contribution in [3.63, 3.8) is 0 Å². The molecule has 2 aromatic carbocycles. The lowest BCUT2D eigenvalue weighted by molar-refractivity contribution is 0.596. The van der Waals surface area contributed by atoms with Crippen molar-refractivity contribution in [1.29, 1.82) is 0 Å². The van der Waals surface area contributed by atoms with Crippen LogP contribution in [0.15, 0.2) is 52.4 Å². The second kappa shape index (κ2) is 5.72. The number of hydrogen-bond acceptors (Lipinski definition) is 4. The third-order valence-electron chi connectivity index (χ3n) is 4.77. The predicted molar refractivity (Wildman–Crippen MR) is 93.0 cm³/mol. The number of aromatic amines is 1. The number of fused-ring (bicyclic) bond motifs is 1. The molecule has 4 rings (SSSR count). The summed E-state index contributed by atoms with van der Waals surface area (Å²) in [7, 11) is -3.53. The summed E-state index contributed by atoms with van der Waals surface area (Å²) in [5, 5.41) is 10.9. The van der Waals surface area contributed by atoms with E-state index in [-0.39, 0.29) is 0 Å². The molecule has 2 heterocycles. The van der Waals surface area contributed by atoms with Gasteiger partial charge in [-0.05, 0) is 67.3 Å². The molecule has 0 saturated carbocycles. The zero-order valence-electron chi connectivity index (χ0n) is 13.4. The molecular weight excluding hydrogens is 322 g/mol. The summed E-state index contributed by atoms with van der Waals surface area (Å²) < 4.78 is 25.9. The van der Waals surface area contributed by atoms with Gasteiger partial charge in [0.05, 0.1) is 21.5 Å². The van der Waals surface area contributed by atoms with Crippen LogP contribution in [-0.4, -0.2) is 31.7 Å². The predicted octanol–water partition coefficient (Wildman–Crippen LogP) is 2.78. The average molecular weight is 341 g/mol. The highest BCUT2D eigenvalue weighted by molar-refractivity contribution is 7.91. The number of rotatable bonds is 3. The Morgan fingerprint density at radius 3 is 2.67 bits per heavy atom. The van der Waals surface area contributed by atoms with E-state index >= 15 is 0 Å². The molecule has 24 heavy (non-hydrogen) atoms. The van der Waals surface area contributed by atoms with Crippen LogP contribution in [0.25, 0.3) is 10.9 Å². The maximum atomic E-state index is 12.9. The molecule has 124 valence electrons. The summed E-state index contributed by atoms with van der Waals surface area (Å²) in [6.45, 7) is 3.98. The molecule has 0 aliphatic carbocycles. The average Bonchev–Trinajstić information content (AvgIpc) is 3.25. The van der Waals surface area contributed by atoms with E-state index in [1.165, 1.54) is 5.56 Å². The zero-order valence-corrected chi connectivity index (χ0v) is 14.2. The number of benzene rings is 2. The van der Waals surface area contributed by atoms with Crippen LogP contribution in [0, 0.1) is 6.92 Å². The van der Waals surface area contributed by atoms with Crippen LogP contribution in [-0.2, 0) is 9.84 Å². The highest BCUT2D eigenvalue weighted by Crippen LogP contribution is 2.30. The van der Waals surface area contributed by atoms with Gasteiger partial charge in [0.25, 0.3) is 0 Å². The molecule has 2 N–H and O–H groups in total. The number of hydrogen-bond donors (Lipinski definition) is 2. The highest BCUT2D eigenvalue weighted by atomic mass is 32.2. The minimum atomic E-state index is -3.53. The Hall–Kier alpha value is -2.18. The van der Waals surface area contributed by atoms with Crippen LogP contribution in [0.4, 0.5) is 0 Å². The summed E-state index contributed by atoms with van der Waals surface area (Å²) in [6.07, 6.45) is 2.74. The first kappa shape index (κ1) is 15.4. The van der Waals surface area contributed by atoms with Crippen molar-refractivity contribution in [1.82, 2.24) is 15.5 Å². The van der Waals surface area contributed by atoms with Crippen LogP contribution in [0.3, 0.4) is 0 Å². The van der Waals surface area contributed by atoms with E-state index < -0.39 is 9.84 Å². The summed E-state index contributed by atoms with van der Waals surface area (Å²) in [5.41, 5.74) is 3.10. The van der Waals surface area contributed by atoms with E-state index in [2.05, 4.69) is 15.5 Å². The lowest BCUT2D eigenvalue weighted by Crippen LogP contribution is -2.09. The molecule has 1 aromatic heterocycles. The Kier molecular flexibility index (Phi) is 3.66. The Balaban J connectivity index is 1.74. The van der Waals surface area contributed by atoms with E-state index in [4.69, 9.17) is 0 Å². The van der Waals surface area contributed by atoms with Gasteiger partial charge in [-0.25, -0.2) is 8.42 Å². The molecule has 1 atom stereocenters. The van der Waals surface area contributed by atoms with Gasteiger partial charge < -0.3 is 5.32 Å². The second-order valence-electron chi connectivity index (χ2n) is 6.33. The standard InChI is InChI=1S/C18H19N3O2S/c1-12-8-15(2-4-17(12)13-6-7-19-10-13)24(22,23)16-3-5-18-14(9-16)11-20-21-18/h2-5,8-9,11,13,19H,6-7,10H2,1H3,(H,20,21).